The second-order valence-electron chi connectivity index (χ2n) is 15.7. The molecule has 5 aliphatic rings. The van der Waals surface area contributed by atoms with Crippen molar-refractivity contribution in [2.24, 2.45) is 50.2 Å². The third-order valence-corrected chi connectivity index (χ3v) is 13.9. The highest BCUT2D eigenvalue weighted by Crippen LogP contribution is 2.78. The lowest BCUT2D eigenvalue weighted by atomic mass is 9.29. The van der Waals surface area contributed by atoms with Crippen molar-refractivity contribution in [1.29, 1.82) is 0 Å². The molecule has 0 amide bonds. The van der Waals surface area contributed by atoms with E-state index in [0.29, 0.717) is 44.9 Å². The molecular weight excluding hydrogens is 488 g/mol. The number of rotatable bonds is 2. The SMILES string of the molecule is CC1(C)CC[C@]2(C(=O)O)[C@H](O)C[C@@]3(C)[C@]4(C)CC[C@@H]5[C@](C)(C[C@H](O)[C@H](O)[C@@]5(C)C(=O)O)[C@H]4CC[C@]3(O)[C@@H]2C1. The van der Waals surface area contributed by atoms with Crippen LogP contribution in [-0.4, -0.2) is 66.5 Å². The summed E-state index contributed by atoms with van der Waals surface area (Å²) in [5.74, 6) is -3.16. The van der Waals surface area contributed by atoms with Crippen LogP contribution in [-0.2, 0) is 9.59 Å². The van der Waals surface area contributed by atoms with E-state index >= 15 is 0 Å². The van der Waals surface area contributed by atoms with Gasteiger partial charge >= 0.3 is 11.9 Å². The monoisotopic (exact) mass is 536 g/mol. The second kappa shape index (κ2) is 7.95. The molecule has 0 aromatic rings. The molecule has 38 heavy (non-hydrogen) atoms. The van der Waals surface area contributed by atoms with E-state index in [1.165, 1.54) is 0 Å². The minimum absolute atomic E-state index is 0.0685. The van der Waals surface area contributed by atoms with Crippen molar-refractivity contribution in [3.8, 4) is 0 Å². The normalized spacial score (nSPS) is 57.5. The van der Waals surface area contributed by atoms with Crippen molar-refractivity contribution in [1.82, 2.24) is 0 Å². The molecule has 216 valence electrons. The zero-order chi connectivity index (χ0) is 28.5. The lowest BCUT2D eigenvalue weighted by Gasteiger charge is -2.76. The van der Waals surface area contributed by atoms with Crippen LogP contribution in [0.4, 0.5) is 0 Å². The number of hydrogen-bond donors (Lipinski definition) is 6. The van der Waals surface area contributed by atoms with Crippen LogP contribution < -0.4 is 0 Å². The number of aliphatic carboxylic acids is 2. The summed E-state index contributed by atoms with van der Waals surface area (Å²) in [6, 6.07) is 0. The van der Waals surface area contributed by atoms with Crippen LogP contribution in [0, 0.1) is 50.2 Å². The Labute approximate surface area is 225 Å². The van der Waals surface area contributed by atoms with Gasteiger partial charge in [0.05, 0.1) is 34.7 Å². The Morgan fingerprint density at radius 1 is 0.711 bits per heavy atom. The average molecular weight is 537 g/mol. The molecule has 0 heterocycles. The molecule has 8 heteroatoms. The van der Waals surface area contributed by atoms with Gasteiger partial charge in [-0.15, -0.1) is 0 Å². The molecule has 6 N–H and O–H groups in total. The summed E-state index contributed by atoms with van der Waals surface area (Å²) in [6.45, 7) is 12.0. The molecule has 0 saturated heterocycles. The van der Waals surface area contributed by atoms with E-state index in [1.807, 2.05) is 13.8 Å². The predicted molar refractivity (Wildman–Crippen MR) is 139 cm³/mol. The van der Waals surface area contributed by atoms with Gasteiger partial charge in [0.15, 0.2) is 0 Å². The van der Waals surface area contributed by atoms with E-state index < -0.39 is 68.8 Å². The zero-order valence-corrected chi connectivity index (χ0v) is 23.8. The maximum Gasteiger partial charge on any atom is 0.312 e. The maximum atomic E-state index is 12.9. The van der Waals surface area contributed by atoms with Crippen LogP contribution in [0.1, 0.15) is 99.3 Å². The topological polar surface area (TPSA) is 156 Å². The summed E-state index contributed by atoms with van der Waals surface area (Å²) in [5.41, 5.74) is -6.30. The number of hydrogen-bond acceptors (Lipinski definition) is 6. The minimum atomic E-state index is -1.50. The number of carboxylic acid groups (broad SMARTS) is 2. The second-order valence-corrected chi connectivity index (χ2v) is 15.7. The first-order chi connectivity index (χ1) is 17.3. The van der Waals surface area contributed by atoms with Crippen molar-refractivity contribution < 1.29 is 40.2 Å². The predicted octanol–water partition coefficient (Wildman–Crippen LogP) is 3.43. The van der Waals surface area contributed by atoms with Crippen LogP contribution in [0.5, 0.6) is 0 Å². The summed E-state index contributed by atoms with van der Waals surface area (Å²) < 4.78 is 0. The third kappa shape index (κ3) is 3.01. The minimum Gasteiger partial charge on any atom is -0.481 e. The molecule has 0 spiro atoms. The van der Waals surface area contributed by atoms with Crippen molar-refractivity contribution in [2.75, 3.05) is 0 Å². The highest BCUT2D eigenvalue weighted by molar-refractivity contribution is 5.77. The lowest BCUT2D eigenvalue weighted by Crippen LogP contribution is -2.77. The van der Waals surface area contributed by atoms with Gasteiger partial charge < -0.3 is 30.6 Å². The first-order valence-corrected chi connectivity index (χ1v) is 14.5. The van der Waals surface area contributed by atoms with Gasteiger partial charge in [0.2, 0.25) is 0 Å². The van der Waals surface area contributed by atoms with Gasteiger partial charge in [0.1, 0.15) is 0 Å². The fourth-order valence-corrected chi connectivity index (χ4v) is 11.6. The summed E-state index contributed by atoms with van der Waals surface area (Å²) in [6.07, 6.45) is 0.391. The Kier molecular flexibility index (Phi) is 5.92. The Hall–Kier alpha value is -1.22. The molecule has 5 fully saturated rings. The lowest BCUT2D eigenvalue weighted by molar-refractivity contribution is -0.333. The Morgan fingerprint density at radius 2 is 1.32 bits per heavy atom. The van der Waals surface area contributed by atoms with Gasteiger partial charge in [-0.3, -0.25) is 9.59 Å². The van der Waals surface area contributed by atoms with Gasteiger partial charge in [-0.25, -0.2) is 0 Å². The highest BCUT2D eigenvalue weighted by atomic mass is 16.4. The summed E-state index contributed by atoms with van der Waals surface area (Å²) >= 11 is 0. The molecule has 0 unspecified atom stereocenters. The summed E-state index contributed by atoms with van der Waals surface area (Å²) in [7, 11) is 0. The molecule has 12 atom stereocenters. The number of aliphatic hydroxyl groups excluding tert-OH is 3. The fraction of sp³-hybridized carbons (Fsp3) is 0.933. The molecule has 0 aliphatic heterocycles. The first kappa shape index (κ1) is 28.3. The zero-order valence-electron chi connectivity index (χ0n) is 23.8. The van der Waals surface area contributed by atoms with E-state index in [9.17, 15) is 40.2 Å². The van der Waals surface area contributed by atoms with Gasteiger partial charge in [-0.2, -0.15) is 0 Å². The average Bonchev–Trinajstić information content (AvgIpc) is 2.79. The van der Waals surface area contributed by atoms with Gasteiger partial charge in [0.25, 0.3) is 0 Å². The van der Waals surface area contributed by atoms with Crippen LogP contribution in [0.3, 0.4) is 0 Å². The molecule has 0 bridgehead atoms. The molecule has 8 nitrogen and oxygen atoms in total. The molecule has 5 saturated carbocycles. The Balaban J connectivity index is 1.64. The maximum absolute atomic E-state index is 12.9. The quantitative estimate of drug-likeness (QED) is 0.314. The standard InChI is InChI=1S/C30H48O8/c1-24(2)11-12-29(23(36)37)19(14-24)30(38)10-8-17-25(3)13-16(31)21(33)28(6,22(34)35)18(25)7-9-26(17,4)27(30,5)15-20(29)32/h16-21,31-33,38H,7-15H2,1-6H3,(H,34,35)(H,36,37)/t16-,17+,18+,19+,20+,21-,25+,26+,27-,28-,29+,30-/m0/s1. The number of carbonyl (C=O) groups is 2. The largest absolute Gasteiger partial charge is 0.481 e. The molecule has 0 aromatic carbocycles. The van der Waals surface area contributed by atoms with Gasteiger partial charge in [-0.1, -0.05) is 34.6 Å². The van der Waals surface area contributed by atoms with E-state index in [4.69, 9.17) is 0 Å². The van der Waals surface area contributed by atoms with Crippen LogP contribution in [0.15, 0.2) is 0 Å². The van der Waals surface area contributed by atoms with E-state index in [2.05, 4.69) is 20.8 Å². The Morgan fingerprint density at radius 3 is 1.89 bits per heavy atom. The van der Waals surface area contributed by atoms with Crippen molar-refractivity contribution in [3.63, 3.8) is 0 Å². The van der Waals surface area contributed by atoms with E-state index in [0.717, 1.165) is 0 Å². The molecule has 5 aliphatic carbocycles. The van der Waals surface area contributed by atoms with Crippen molar-refractivity contribution >= 4 is 11.9 Å². The van der Waals surface area contributed by atoms with Crippen molar-refractivity contribution in [3.05, 3.63) is 0 Å². The Bertz CT molecular complexity index is 1040. The van der Waals surface area contributed by atoms with Gasteiger partial charge in [-0.05, 0) is 92.8 Å². The first-order valence-electron chi connectivity index (χ1n) is 14.5. The fourth-order valence-electron chi connectivity index (χ4n) is 11.6. The van der Waals surface area contributed by atoms with Crippen LogP contribution in [0.2, 0.25) is 0 Å². The van der Waals surface area contributed by atoms with E-state index in [-0.39, 0.29) is 30.1 Å². The van der Waals surface area contributed by atoms with Crippen LogP contribution in [0.25, 0.3) is 0 Å². The molecule has 0 aromatic heterocycles. The smallest absolute Gasteiger partial charge is 0.312 e. The molecule has 5 rings (SSSR count). The highest BCUT2D eigenvalue weighted by Gasteiger charge is 2.78. The number of fused-ring (bicyclic) bond motifs is 7. The summed E-state index contributed by atoms with van der Waals surface area (Å²) in [4.78, 5) is 25.5. The van der Waals surface area contributed by atoms with Crippen LogP contribution >= 0.6 is 0 Å². The van der Waals surface area contributed by atoms with Gasteiger partial charge in [0, 0.05) is 11.3 Å². The summed E-state index contributed by atoms with van der Waals surface area (Å²) in [5, 5.41) is 67.2. The number of aliphatic hydroxyl groups is 4. The van der Waals surface area contributed by atoms with Crippen molar-refractivity contribution in [2.45, 2.75) is 123 Å². The third-order valence-electron chi connectivity index (χ3n) is 13.9. The molecular formula is C30H48O8. The van der Waals surface area contributed by atoms with E-state index in [1.54, 1.807) is 6.92 Å². The number of carboxylic acids is 2. The molecule has 0 radical (unpaired) electrons.